The van der Waals surface area contributed by atoms with Crippen LogP contribution >= 0.6 is 18.6 Å². The molecule has 1 aromatic carbocycles. The van der Waals surface area contributed by atoms with Gasteiger partial charge in [-0.15, -0.1) is 0 Å². The van der Waals surface area contributed by atoms with Gasteiger partial charge in [-0.3, -0.25) is 4.34 Å². The van der Waals surface area contributed by atoms with Crippen molar-refractivity contribution < 1.29 is 9.63 Å². The van der Waals surface area contributed by atoms with Crippen LogP contribution in [0.5, 0.6) is 0 Å². The van der Waals surface area contributed by atoms with E-state index in [4.69, 9.17) is 28.5 Å². The van der Waals surface area contributed by atoms with E-state index in [-0.39, 0.29) is 11.5 Å². The van der Waals surface area contributed by atoms with Crippen LogP contribution < -0.4 is 0 Å². The largest absolute Gasteiger partial charge is 0.390 e. The van der Waals surface area contributed by atoms with Crippen LogP contribution in [-0.4, -0.2) is 39.1 Å². The molecule has 0 amide bonds. The Labute approximate surface area is 159 Å². The van der Waals surface area contributed by atoms with Crippen LogP contribution in [0.2, 0.25) is 0 Å². The fourth-order valence-corrected chi connectivity index (χ4v) is 4.99. The molecule has 1 N–H and O–H groups in total. The molecule has 2 rings (SSSR count). The Kier molecular flexibility index (Phi) is 6.39. The van der Waals surface area contributed by atoms with Crippen molar-refractivity contribution in [2.45, 2.75) is 39.3 Å². The summed E-state index contributed by atoms with van der Waals surface area (Å²) in [6, 6.07) is 9.89. The zero-order chi connectivity index (χ0) is 18.8. The molecule has 0 fully saturated rings. The Bertz CT molecular complexity index is 817. The van der Waals surface area contributed by atoms with E-state index in [9.17, 15) is 5.11 Å². The van der Waals surface area contributed by atoms with Gasteiger partial charge in [0, 0.05) is 13.8 Å². The highest BCUT2D eigenvalue weighted by molar-refractivity contribution is 8.11. The molecule has 8 heteroatoms. The molecule has 0 spiro atoms. The van der Waals surface area contributed by atoms with E-state index >= 15 is 0 Å². The zero-order valence-corrected chi connectivity index (χ0v) is 17.8. The maximum absolute atomic E-state index is 11.0. The summed E-state index contributed by atoms with van der Waals surface area (Å²) in [5.74, 6) is 0. The molecule has 25 heavy (non-hydrogen) atoms. The van der Waals surface area contributed by atoms with Gasteiger partial charge in [0.2, 0.25) is 4.77 Å². The molecular formula is C17H26N3O2PS2. The highest BCUT2D eigenvalue weighted by Crippen LogP contribution is 2.44. The van der Waals surface area contributed by atoms with Crippen LogP contribution in [0.25, 0.3) is 0 Å². The van der Waals surface area contributed by atoms with Crippen molar-refractivity contribution >= 4 is 30.4 Å². The predicted octanol–water partition coefficient (Wildman–Crippen LogP) is 4.04. The molecule has 0 bridgehead atoms. The number of aromatic nitrogens is 3. The molecule has 0 aliphatic heterocycles. The molecule has 1 heterocycles. The minimum atomic E-state index is -2.23. The van der Waals surface area contributed by atoms with Crippen molar-refractivity contribution in [1.29, 1.82) is 0 Å². The number of rotatable bonds is 7. The van der Waals surface area contributed by atoms with E-state index in [0.717, 1.165) is 6.42 Å². The second kappa shape index (κ2) is 7.80. The Hall–Kier alpha value is -0.850. The van der Waals surface area contributed by atoms with Gasteiger partial charge >= 0.3 is 0 Å². The maximum Gasteiger partial charge on any atom is 0.203 e. The lowest BCUT2D eigenvalue weighted by molar-refractivity contribution is 0.00778. The average Bonchev–Trinajstić information content (AvgIpc) is 2.96. The molecule has 0 saturated heterocycles. The second-order valence-electron chi connectivity index (χ2n) is 7.02. The third-order valence-corrected chi connectivity index (χ3v) is 7.80. The Morgan fingerprint density at radius 2 is 1.92 bits per heavy atom. The van der Waals surface area contributed by atoms with Crippen LogP contribution in [0.3, 0.4) is 0 Å². The minimum absolute atomic E-state index is 0.278. The van der Waals surface area contributed by atoms with Crippen molar-refractivity contribution in [3.63, 3.8) is 0 Å². The van der Waals surface area contributed by atoms with Gasteiger partial charge in [0.05, 0.1) is 12.1 Å². The van der Waals surface area contributed by atoms with E-state index in [2.05, 4.69) is 31.1 Å². The smallest absolute Gasteiger partial charge is 0.203 e. The van der Waals surface area contributed by atoms with Gasteiger partial charge in [-0.1, -0.05) is 44.2 Å². The summed E-state index contributed by atoms with van der Waals surface area (Å²) < 4.78 is 9.28. The summed E-state index contributed by atoms with van der Waals surface area (Å²) in [4.78, 5) is 0. The topological polar surface area (TPSA) is 52.2 Å². The highest BCUT2D eigenvalue weighted by atomic mass is 32.4. The van der Waals surface area contributed by atoms with E-state index in [1.54, 1.807) is 22.5 Å². The number of nitrogens with zero attached hydrogens (tertiary/aromatic N) is 3. The lowest BCUT2D eigenvalue weighted by Crippen LogP contribution is -2.38. The first-order valence-corrected chi connectivity index (χ1v) is 11.7. The number of hydrogen-bond acceptors (Lipinski definition) is 5. The van der Waals surface area contributed by atoms with Gasteiger partial charge in [0.15, 0.2) is 6.42 Å². The Morgan fingerprint density at radius 1 is 1.32 bits per heavy atom. The molecule has 0 radical (unpaired) electrons. The van der Waals surface area contributed by atoms with Gasteiger partial charge in [0.1, 0.15) is 6.33 Å². The molecule has 1 aromatic heterocycles. The first kappa shape index (κ1) is 20.5. The highest BCUT2D eigenvalue weighted by Gasteiger charge is 2.34. The third-order valence-electron chi connectivity index (χ3n) is 4.55. The van der Waals surface area contributed by atoms with Gasteiger partial charge in [-0.2, -0.15) is 5.10 Å². The molecule has 0 aliphatic carbocycles. The summed E-state index contributed by atoms with van der Waals surface area (Å²) in [5, 5.41) is 15.4. The normalized spacial score (nSPS) is 17.0. The monoisotopic (exact) mass is 399 g/mol. The van der Waals surface area contributed by atoms with Gasteiger partial charge in [0.25, 0.3) is 0 Å². The van der Waals surface area contributed by atoms with Gasteiger partial charge < -0.3 is 9.63 Å². The van der Waals surface area contributed by atoms with Crippen molar-refractivity contribution in [3.05, 3.63) is 47.0 Å². The lowest BCUT2D eigenvalue weighted by atomic mass is 9.78. The first-order chi connectivity index (χ1) is 11.6. The lowest BCUT2D eigenvalue weighted by Gasteiger charge is -2.34. The average molecular weight is 400 g/mol. The molecule has 138 valence electrons. The summed E-state index contributed by atoms with van der Waals surface area (Å²) in [7, 11) is 1.58. The van der Waals surface area contributed by atoms with E-state index < -0.39 is 12.5 Å². The number of hydrogen-bond donors (Lipinski definition) is 1. The SMILES string of the molecule is COP(C)(=S)n1cnn(C(C)C(O)C(C)(C)Cc2ccccc2)c1=S. The van der Waals surface area contributed by atoms with Gasteiger partial charge in [-0.25, -0.2) is 4.68 Å². The fraction of sp³-hybridized carbons (Fsp3) is 0.529. The Morgan fingerprint density at radius 3 is 2.48 bits per heavy atom. The van der Waals surface area contributed by atoms with Crippen molar-refractivity contribution in [1.82, 2.24) is 14.1 Å². The van der Waals surface area contributed by atoms with Crippen LogP contribution in [0.15, 0.2) is 36.7 Å². The van der Waals surface area contributed by atoms with Crippen molar-refractivity contribution in [2.24, 2.45) is 5.41 Å². The molecule has 5 nitrogen and oxygen atoms in total. The van der Waals surface area contributed by atoms with E-state index in [1.165, 1.54) is 5.56 Å². The molecule has 3 atom stereocenters. The number of aliphatic hydroxyl groups is 1. The van der Waals surface area contributed by atoms with Gasteiger partial charge in [-0.05, 0) is 48.3 Å². The predicted molar refractivity (Wildman–Crippen MR) is 108 cm³/mol. The summed E-state index contributed by atoms with van der Waals surface area (Å²) in [6.07, 6.45) is -0.480. The maximum atomic E-state index is 11.0. The van der Waals surface area contributed by atoms with Crippen LogP contribution in [0.1, 0.15) is 32.4 Å². The third kappa shape index (κ3) is 4.47. The Balaban J connectivity index is 2.26. The second-order valence-corrected chi connectivity index (χ2v) is 11.8. The fourth-order valence-electron chi connectivity index (χ4n) is 2.94. The van der Waals surface area contributed by atoms with E-state index in [1.807, 2.05) is 31.8 Å². The number of aliphatic hydroxyl groups excluding tert-OH is 1. The van der Waals surface area contributed by atoms with Crippen molar-refractivity contribution in [3.8, 4) is 0 Å². The van der Waals surface area contributed by atoms with Crippen LogP contribution in [0, 0.1) is 10.2 Å². The molecule has 2 aromatic rings. The summed E-state index contributed by atoms with van der Waals surface area (Å²) in [6.45, 7) is 7.89. The van der Waals surface area contributed by atoms with E-state index in [0.29, 0.717) is 4.77 Å². The number of benzene rings is 1. The van der Waals surface area contributed by atoms with Crippen molar-refractivity contribution in [2.75, 3.05) is 13.8 Å². The molecular weight excluding hydrogens is 373 g/mol. The quantitative estimate of drug-likeness (QED) is 0.563. The standard InChI is InChI=1S/C17H26N3O2PS2/c1-13(20-16(24)19(12-18-20)23(5,25)22-4)15(21)17(2,3)11-14-9-7-6-8-10-14/h6-10,12-13,15,21H,11H2,1-5H3. The summed E-state index contributed by atoms with van der Waals surface area (Å²) in [5.41, 5.74) is 0.851. The first-order valence-electron chi connectivity index (χ1n) is 8.12. The zero-order valence-electron chi connectivity index (χ0n) is 15.3. The van der Waals surface area contributed by atoms with Crippen LogP contribution in [-0.2, 0) is 22.8 Å². The minimum Gasteiger partial charge on any atom is -0.390 e. The molecule has 0 aliphatic rings. The van der Waals surface area contributed by atoms with Crippen LogP contribution in [0.4, 0.5) is 0 Å². The summed E-state index contributed by atoms with van der Waals surface area (Å²) >= 11 is 11.0. The molecule has 0 saturated carbocycles. The molecule has 3 unspecified atom stereocenters.